The summed E-state index contributed by atoms with van der Waals surface area (Å²) in [5.41, 5.74) is -0.881. The molecule has 0 amide bonds. The monoisotopic (exact) mass is 227 g/mol. The topological polar surface area (TPSA) is 69.4 Å². The Hall–Kier alpha value is -0.970. The molecule has 5 nitrogen and oxygen atoms in total. The molecule has 0 heterocycles. The van der Waals surface area contributed by atoms with Crippen LogP contribution in [0.1, 0.15) is 39.0 Å². The number of Topliss-reactive ketones (excluding diaryl/α,β-unsaturated/α-hetero) is 1. The van der Waals surface area contributed by atoms with E-state index < -0.39 is 11.6 Å². The molecule has 16 heavy (non-hydrogen) atoms. The van der Waals surface area contributed by atoms with Crippen molar-refractivity contribution in [3.63, 3.8) is 0 Å². The zero-order valence-corrected chi connectivity index (χ0v) is 9.48. The minimum Gasteiger partial charge on any atom is -0.370 e. The van der Waals surface area contributed by atoms with E-state index in [0.29, 0.717) is 19.4 Å². The van der Waals surface area contributed by atoms with Crippen LogP contribution in [0.2, 0.25) is 0 Å². The second-order valence-electron chi connectivity index (χ2n) is 4.77. The number of carbonyl (C=O) groups excluding carboxylic acids is 1. The maximum absolute atomic E-state index is 11.7. The van der Waals surface area contributed by atoms with E-state index in [4.69, 9.17) is 4.74 Å². The van der Waals surface area contributed by atoms with Gasteiger partial charge < -0.3 is 4.74 Å². The Balaban J connectivity index is 2.21. The molecule has 90 valence electrons. The predicted molar refractivity (Wildman–Crippen MR) is 56.7 cm³/mol. The number of nitro groups is 1. The lowest BCUT2D eigenvalue weighted by atomic mass is 9.73. The summed E-state index contributed by atoms with van der Waals surface area (Å²) in [6.45, 7) is 2.25. The van der Waals surface area contributed by atoms with Gasteiger partial charge in [-0.15, -0.1) is 0 Å². The third-order valence-corrected chi connectivity index (χ3v) is 4.00. The number of ketones is 1. The summed E-state index contributed by atoms with van der Waals surface area (Å²) in [5.74, 6) is -0.0158. The largest absolute Gasteiger partial charge is 0.370 e. The molecule has 2 saturated carbocycles. The van der Waals surface area contributed by atoms with Crippen molar-refractivity contribution in [1.82, 2.24) is 0 Å². The highest BCUT2D eigenvalue weighted by Gasteiger charge is 2.59. The van der Waals surface area contributed by atoms with Gasteiger partial charge in [0.25, 0.3) is 0 Å². The minimum absolute atomic E-state index is 0.0474. The number of hydrogen-bond donors (Lipinski definition) is 0. The van der Waals surface area contributed by atoms with Crippen LogP contribution in [-0.2, 0) is 9.53 Å². The standard InChI is InChI=1S/C11H17NO4/c1-2-16-10-7-11(12(14)15)5-3-4-8(11)6-9(10)13/h8,10H,2-7H2,1H3/t8-,10-,11-/m0/s1. The fourth-order valence-electron chi connectivity index (χ4n) is 3.17. The summed E-state index contributed by atoms with van der Waals surface area (Å²) >= 11 is 0. The first-order valence-corrected chi connectivity index (χ1v) is 5.89. The molecule has 0 radical (unpaired) electrons. The molecular weight excluding hydrogens is 210 g/mol. The number of rotatable bonds is 3. The van der Waals surface area contributed by atoms with Crippen molar-refractivity contribution in [2.75, 3.05) is 6.61 Å². The Kier molecular flexibility index (Phi) is 2.97. The summed E-state index contributed by atoms with van der Waals surface area (Å²) < 4.78 is 5.32. The first kappa shape index (κ1) is 11.5. The number of fused-ring (bicyclic) bond motifs is 1. The maximum atomic E-state index is 11.7. The second kappa shape index (κ2) is 4.13. The predicted octanol–water partition coefficient (Wildman–Crippen LogP) is 1.57. The van der Waals surface area contributed by atoms with E-state index in [9.17, 15) is 14.9 Å². The van der Waals surface area contributed by atoms with E-state index in [1.54, 1.807) is 0 Å². The lowest BCUT2D eigenvalue weighted by Crippen LogP contribution is -2.52. The Morgan fingerprint density at radius 1 is 1.62 bits per heavy atom. The lowest BCUT2D eigenvalue weighted by molar-refractivity contribution is -0.581. The van der Waals surface area contributed by atoms with Gasteiger partial charge in [-0.25, -0.2) is 0 Å². The number of hydrogen-bond acceptors (Lipinski definition) is 4. The zero-order chi connectivity index (χ0) is 11.8. The maximum Gasteiger partial charge on any atom is 0.228 e. The molecule has 0 bridgehead atoms. The van der Waals surface area contributed by atoms with E-state index in [0.717, 1.165) is 12.8 Å². The van der Waals surface area contributed by atoms with Crippen LogP contribution in [-0.4, -0.2) is 29.0 Å². The van der Waals surface area contributed by atoms with Crippen molar-refractivity contribution in [2.45, 2.75) is 50.7 Å². The van der Waals surface area contributed by atoms with Crippen LogP contribution in [0.25, 0.3) is 0 Å². The van der Waals surface area contributed by atoms with Gasteiger partial charge in [-0.3, -0.25) is 14.9 Å². The number of nitrogens with zero attached hydrogens (tertiary/aromatic N) is 1. The normalized spacial score (nSPS) is 38.4. The molecule has 2 rings (SSSR count). The van der Waals surface area contributed by atoms with Crippen molar-refractivity contribution in [2.24, 2.45) is 5.92 Å². The van der Waals surface area contributed by atoms with E-state index in [1.165, 1.54) is 0 Å². The second-order valence-corrected chi connectivity index (χ2v) is 4.77. The van der Waals surface area contributed by atoms with Crippen LogP contribution >= 0.6 is 0 Å². The van der Waals surface area contributed by atoms with Gasteiger partial charge in [0.2, 0.25) is 5.54 Å². The fraction of sp³-hybridized carbons (Fsp3) is 0.909. The molecule has 0 spiro atoms. The number of carbonyl (C=O) groups is 1. The van der Waals surface area contributed by atoms with Crippen molar-refractivity contribution in [3.8, 4) is 0 Å². The molecule has 0 unspecified atom stereocenters. The highest BCUT2D eigenvalue weighted by Crippen LogP contribution is 2.47. The van der Waals surface area contributed by atoms with Crippen molar-refractivity contribution in [3.05, 3.63) is 10.1 Å². The van der Waals surface area contributed by atoms with E-state index >= 15 is 0 Å². The van der Waals surface area contributed by atoms with Gasteiger partial charge in [0.05, 0.1) is 6.42 Å². The molecule has 0 aromatic carbocycles. The van der Waals surface area contributed by atoms with Crippen LogP contribution in [0.5, 0.6) is 0 Å². The Labute approximate surface area is 94.3 Å². The smallest absolute Gasteiger partial charge is 0.228 e. The molecule has 5 heteroatoms. The van der Waals surface area contributed by atoms with Gasteiger partial charge in [-0.2, -0.15) is 0 Å². The molecule has 2 aliphatic rings. The average Bonchev–Trinajstić information content (AvgIpc) is 2.63. The molecule has 2 fully saturated rings. The fourth-order valence-corrected chi connectivity index (χ4v) is 3.17. The molecule has 0 aliphatic heterocycles. The quantitative estimate of drug-likeness (QED) is 0.542. The van der Waals surface area contributed by atoms with Crippen molar-refractivity contribution >= 4 is 5.78 Å². The Morgan fingerprint density at radius 3 is 3.00 bits per heavy atom. The molecule has 0 saturated heterocycles. The highest BCUT2D eigenvalue weighted by molar-refractivity contribution is 5.84. The molecule has 3 atom stereocenters. The summed E-state index contributed by atoms with van der Waals surface area (Å²) in [6.07, 6.45) is 2.32. The molecule has 0 aromatic heterocycles. The summed E-state index contributed by atoms with van der Waals surface area (Å²) in [5, 5.41) is 11.3. The third kappa shape index (κ3) is 1.63. The average molecular weight is 227 g/mol. The van der Waals surface area contributed by atoms with Gasteiger partial charge >= 0.3 is 0 Å². The Bertz CT molecular complexity index is 317. The summed E-state index contributed by atoms with van der Waals surface area (Å²) in [7, 11) is 0. The van der Waals surface area contributed by atoms with Crippen LogP contribution in [0.15, 0.2) is 0 Å². The van der Waals surface area contributed by atoms with Crippen LogP contribution in [0, 0.1) is 16.0 Å². The van der Waals surface area contributed by atoms with Gasteiger partial charge in [0.15, 0.2) is 5.78 Å². The van der Waals surface area contributed by atoms with Crippen LogP contribution < -0.4 is 0 Å². The zero-order valence-electron chi connectivity index (χ0n) is 9.48. The van der Waals surface area contributed by atoms with Crippen molar-refractivity contribution in [1.29, 1.82) is 0 Å². The van der Waals surface area contributed by atoms with Gasteiger partial charge in [0, 0.05) is 30.3 Å². The highest BCUT2D eigenvalue weighted by atomic mass is 16.6. The molecule has 2 aliphatic carbocycles. The third-order valence-electron chi connectivity index (χ3n) is 4.00. The van der Waals surface area contributed by atoms with Crippen LogP contribution in [0.3, 0.4) is 0 Å². The lowest BCUT2D eigenvalue weighted by Gasteiger charge is -2.34. The summed E-state index contributed by atoms with van der Waals surface area (Å²) in [6, 6.07) is 0. The molecule has 0 N–H and O–H groups in total. The van der Waals surface area contributed by atoms with Gasteiger partial charge in [-0.05, 0) is 19.8 Å². The van der Waals surface area contributed by atoms with E-state index in [-0.39, 0.29) is 23.0 Å². The van der Waals surface area contributed by atoms with Crippen LogP contribution in [0.4, 0.5) is 0 Å². The molecular formula is C11H17NO4. The SMILES string of the molecule is CCO[C@H]1C[C@@]2([N+](=O)[O-])CCC[C@H]2CC1=O. The van der Waals surface area contributed by atoms with Gasteiger partial charge in [-0.1, -0.05) is 0 Å². The summed E-state index contributed by atoms with van der Waals surface area (Å²) in [4.78, 5) is 22.8. The van der Waals surface area contributed by atoms with Crippen molar-refractivity contribution < 1.29 is 14.5 Å². The number of ether oxygens (including phenoxy) is 1. The minimum atomic E-state index is -0.881. The first-order chi connectivity index (χ1) is 7.60. The van der Waals surface area contributed by atoms with E-state index in [1.807, 2.05) is 6.92 Å². The Morgan fingerprint density at radius 2 is 2.38 bits per heavy atom. The molecule has 0 aromatic rings. The van der Waals surface area contributed by atoms with E-state index in [2.05, 4.69) is 0 Å². The first-order valence-electron chi connectivity index (χ1n) is 5.89. The van der Waals surface area contributed by atoms with Gasteiger partial charge in [0.1, 0.15) is 6.10 Å².